The van der Waals surface area contributed by atoms with Crippen LogP contribution in [0.2, 0.25) is 0 Å². The molecule has 0 radical (unpaired) electrons. The Kier molecular flexibility index (Phi) is 5.75. The van der Waals surface area contributed by atoms with Crippen LogP contribution in [0.4, 0.5) is 16.2 Å². The van der Waals surface area contributed by atoms with Crippen molar-refractivity contribution >= 4 is 29.2 Å². The van der Waals surface area contributed by atoms with Crippen LogP contribution < -0.4 is 20.0 Å². The first-order valence-electron chi connectivity index (χ1n) is 13.5. The largest absolute Gasteiger partial charge is 0.429 e. The normalized spacial score (nSPS) is 24.7. The van der Waals surface area contributed by atoms with Crippen LogP contribution in [0.3, 0.4) is 0 Å². The van der Waals surface area contributed by atoms with Crippen molar-refractivity contribution in [1.29, 1.82) is 0 Å². The van der Waals surface area contributed by atoms with E-state index in [-0.39, 0.29) is 34.3 Å². The number of carbonyl (C=O) groups is 3. The third-order valence-electron chi connectivity index (χ3n) is 8.86. The number of aromatic nitrogens is 1. The van der Waals surface area contributed by atoms with Crippen LogP contribution in [0.1, 0.15) is 56.0 Å². The summed E-state index contributed by atoms with van der Waals surface area (Å²) in [6.07, 6.45) is 4.27. The number of anilines is 1. The Hall–Kier alpha value is -3.88. The Morgan fingerprint density at radius 3 is 2.51 bits per heavy atom. The van der Waals surface area contributed by atoms with Crippen LogP contribution in [-0.4, -0.2) is 41.5 Å². The lowest BCUT2D eigenvalue weighted by molar-refractivity contribution is -0.125. The number of nitrogens with one attached hydrogen (secondary N) is 2. The Balaban J connectivity index is 1.48. The molecular weight excluding hydrogens is 490 g/mol. The maximum absolute atomic E-state index is 14.2. The molecule has 4 amide bonds. The second kappa shape index (κ2) is 8.83. The second-order valence-corrected chi connectivity index (χ2v) is 12.0. The Morgan fingerprint density at radius 2 is 1.79 bits per heavy atom. The molecule has 2 aromatic carbocycles. The van der Waals surface area contributed by atoms with Gasteiger partial charge in [-0.2, -0.15) is 4.48 Å². The first kappa shape index (κ1) is 25.4. The van der Waals surface area contributed by atoms with Crippen molar-refractivity contribution in [3.05, 3.63) is 89.2 Å². The third kappa shape index (κ3) is 3.73. The molecule has 0 saturated carbocycles. The van der Waals surface area contributed by atoms with E-state index in [1.807, 2.05) is 53.4 Å². The van der Waals surface area contributed by atoms with E-state index in [9.17, 15) is 14.4 Å². The van der Waals surface area contributed by atoms with Crippen LogP contribution >= 0.6 is 0 Å². The molecule has 3 aliphatic rings. The van der Waals surface area contributed by atoms with E-state index in [1.165, 1.54) is 5.56 Å². The summed E-state index contributed by atoms with van der Waals surface area (Å²) in [6, 6.07) is 17.0. The van der Waals surface area contributed by atoms with Gasteiger partial charge in [0, 0.05) is 62.4 Å². The molecule has 0 spiro atoms. The molecule has 3 aliphatic heterocycles. The van der Waals surface area contributed by atoms with Crippen molar-refractivity contribution in [1.82, 2.24) is 20.1 Å². The summed E-state index contributed by atoms with van der Waals surface area (Å²) in [5.41, 5.74) is 4.28. The number of nitrogens with zero attached hydrogens (tertiary/aromatic N) is 3. The van der Waals surface area contributed by atoms with Gasteiger partial charge in [0.25, 0.3) is 5.91 Å². The van der Waals surface area contributed by atoms with E-state index in [1.54, 1.807) is 26.2 Å². The molecule has 4 heterocycles. The number of rotatable bonds is 4. The minimum atomic E-state index is -1.07. The predicted octanol–water partition coefficient (Wildman–Crippen LogP) is 4.13. The predicted molar refractivity (Wildman–Crippen MR) is 150 cm³/mol. The number of hydrogen-bond donors (Lipinski definition) is 2. The zero-order valence-corrected chi connectivity index (χ0v) is 22.8. The van der Waals surface area contributed by atoms with E-state index in [0.717, 1.165) is 35.3 Å². The van der Waals surface area contributed by atoms with E-state index in [4.69, 9.17) is 0 Å². The number of fused-ring (bicyclic) bond motifs is 2. The smallest absolute Gasteiger partial charge is 0.309 e. The average Bonchev–Trinajstić information content (AvgIpc) is 3.29. The molecule has 1 unspecified atom stereocenters. The number of urea groups is 1. The molecule has 1 saturated heterocycles. The molecule has 0 bridgehead atoms. The lowest BCUT2D eigenvalue weighted by atomic mass is 9.86. The molecule has 1 fully saturated rings. The molecular formula is C31H34N5O3+. The topological polar surface area (TPSA) is 91.4 Å². The zero-order valence-electron chi connectivity index (χ0n) is 22.8. The van der Waals surface area contributed by atoms with Crippen LogP contribution in [0.15, 0.2) is 67.0 Å². The molecule has 0 aliphatic carbocycles. The van der Waals surface area contributed by atoms with Crippen molar-refractivity contribution in [2.75, 3.05) is 18.0 Å². The van der Waals surface area contributed by atoms with Crippen LogP contribution in [-0.2, 0) is 28.0 Å². The lowest BCUT2D eigenvalue weighted by Gasteiger charge is -2.39. The van der Waals surface area contributed by atoms with E-state index in [0.29, 0.717) is 12.2 Å². The summed E-state index contributed by atoms with van der Waals surface area (Å²) < 4.78 is -0.226. The lowest BCUT2D eigenvalue weighted by Crippen LogP contribution is -2.62. The third-order valence-corrected chi connectivity index (χ3v) is 8.86. The van der Waals surface area contributed by atoms with E-state index < -0.39 is 11.6 Å². The summed E-state index contributed by atoms with van der Waals surface area (Å²) in [7, 11) is 0. The molecule has 200 valence electrons. The number of carbonyl (C=O) groups excluding carboxylic acids is 3. The fraction of sp³-hybridized carbons (Fsp3) is 0.355. The van der Waals surface area contributed by atoms with E-state index in [2.05, 4.69) is 35.5 Å². The highest BCUT2D eigenvalue weighted by Crippen LogP contribution is 2.47. The summed E-state index contributed by atoms with van der Waals surface area (Å²) >= 11 is 0. The number of hydrogen-bond acceptors (Lipinski definition) is 5. The summed E-state index contributed by atoms with van der Waals surface area (Å²) in [6.45, 7) is 9.43. The van der Waals surface area contributed by atoms with Gasteiger partial charge < -0.3 is 10.2 Å². The molecule has 6 rings (SSSR count). The first-order chi connectivity index (χ1) is 18.6. The minimum absolute atomic E-state index is 0.00646. The molecule has 2 N–H and O–H groups in total. The van der Waals surface area contributed by atoms with Crippen LogP contribution in [0, 0.1) is 0 Å². The van der Waals surface area contributed by atoms with Gasteiger partial charge in [0.2, 0.25) is 5.91 Å². The molecule has 3 aromatic rings. The Bertz CT molecular complexity index is 1500. The fourth-order valence-corrected chi connectivity index (χ4v) is 6.53. The van der Waals surface area contributed by atoms with Crippen molar-refractivity contribution in [2.45, 2.75) is 57.7 Å². The second-order valence-electron chi connectivity index (χ2n) is 12.0. The van der Waals surface area contributed by atoms with Gasteiger partial charge in [-0.3, -0.25) is 14.6 Å². The summed E-state index contributed by atoms with van der Waals surface area (Å²) in [4.78, 5) is 46.9. The van der Waals surface area contributed by atoms with Crippen molar-refractivity contribution < 1.29 is 14.4 Å². The number of amides is 4. The summed E-state index contributed by atoms with van der Waals surface area (Å²) in [5.74, 6) is -0.327. The maximum Gasteiger partial charge on any atom is 0.429 e. The minimum Gasteiger partial charge on any atom is -0.309 e. The van der Waals surface area contributed by atoms with Gasteiger partial charge in [-0.25, -0.2) is 10.1 Å². The van der Waals surface area contributed by atoms with Gasteiger partial charge in [0.05, 0.1) is 5.69 Å². The van der Waals surface area contributed by atoms with Gasteiger partial charge in [0.1, 0.15) is 18.3 Å². The molecule has 1 aromatic heterocycles. The van der Waals surface area contributed by atoms with Gasteiger partial charge in [-0.05, 0) is 35.2 Å². The summed E-state index contributed by atoms with van der Waals surface area (Å²) in [5, 5.41) is 6.02. The highest BCUT2D eigenvalue weighted by molar-refractivity contribution is 6.13. The van der Waals surface area contributed by atoms with Gasteiger partial charge in [-0.1, -0.05) is 44.2 Å². The molecule has 8 nitrogen and oxygen atoms in total. The number of pyridine rings is 1. The SMILES string of the molecule is CC1(C)CN(C(=O)[C@H]2NCCc3ccccc32)c2cc([N+]3(Cc4ccncc4)C(=O)NC(=O)C3(C)C)ccc21. The fourth-order valence-electron chi connectivity index (χ4n) is 6.53. The van der Waals surface area contributed by atoms with Crippen molar-refractivity contribution in [3.8, 4) is 0 Å². The molecule has 2 atom stereocenters. The van der Waals surface area contributed by atoms with Crippen molar-refractivity contribution in [2.24, 2.45) is 0 Å². The van der Waals surface area contributed by atoms with Gasteiger partial charge >= 0.3 is 6.03 Å². The van der Waals surface area contributed by atoms with Crippen LogP contribution in [0.5, 0.6) is 0 Å². The van der Waals surface area contributed by atoms with Crippen LogP contribution in [0.25, 0.3) is 0 Å². The van der Waals surface area contributed by atoms with E-state index >= 15 is 0 Å². The standard InChI is InChI=1S/C31H33N5O3/c1-30(2)19-35(27(37)26-23-8-6-5-7-21(23)13-16-33-26)25-17-22(9-10-24(25)30)36(18-20-11-14-32-15-12-20)29(39)34-28(38)31(36,3)4/h5-12,14-15,17,26,33H,13,16,18-19H2,1-4H3/p+1/t26-,36?/m0/s1. The Morgan fingerprint density at radius 1 is 1.05 bits per heavy atom. The maximum atomic E-state index is 14.2. The quantitative estimate of drug-likeness (QED) is 0.396. The average molecular weight is 525 g/mol. The first-order valence-corrected chi connectivity index (χ1v) is 13.5. The van der Waals surface area contributed by atoms with Gasteiger partial charge in [-0.15, -0.1) is 0 Å². The number of benzene rings is 2. The highest BCUT2D eigenvalue weighted by atomic mass is 16.2. The molecule has 8 heteroatoms. The monoisotopic (exact) mass is 524 g/mol. The zero-order chi connectivity index (χ0) is 27.6. The molecule has 39 heavy (non-hydrogen) atoms. The number of imide groups is 1. The Labute approximate surface area is 228 Å². The number of quaternary nitrogens is 1. The van der Waals surface area contributed by atoms with Crippen molar-refractivity contribution in [3.63, 3.8) is 0 Å². The highest BCUT2D eigenvalue weighted by Gasteiger charge is 2.63. The van der Waals surface area contributed by atoms with Gasteiger partial charge in [0.15, 0.2) is 5.54 Å².